The molecule has 0 aromatic carbocycles. The molecule has 2 aromatic heterocycles. The maximum atomic E-state index is 13.3. The van der Waals surface area contributed by atoms with Gasteiger partial charge in [-0.1, -0.05) is 38.5 Å². The molecule has 0 spiro atoms. The first kappa shape index (κ1) is 19.5. The van der Waals surface area contributed by atoms with E-state index in [1.54, 1.807) is 0 Å². The van der Waals surface area contributed by atoms with E-state index in [1.807, 2.05) is 13.8 Å². The highest BCUT2D eigenvalue weighted by Gasteiger charge is 2.41. The smallest absolute Gasteiger partial charge is 0.233 e. The second-order valence-corrected chi connectivity index (χ2v) is 9.14. The number of rotatable bonds is 4. The molecule has 3 aliphatic rings. The molecule has 0 saturated heterocycles. The Balaban J connectivity index is 1.45. The first-order chi connectivity index (χ1) is 14.5. The van der Waals surface area contributed by atoms with Crippen LogP contribution in [0.3, 0.4) is 0 Å². The number of anilines is 2. The molecule has 0 unspecified atom stereocenters. The lowest BCUT2D eigenvalue weighted by Gasteiger charge is -2.22. The van der Waals surface area contributed by atoms with Gasteiger partial charge in [0.2, 0.25) is 11.6 Å². The van der Waals surface area contributed by atoms with Crippen LogP contribution < -0.4 is 10.6 Å². The van der Waals surface area contributed by atoms with E-state index >= 15 is 0 Å². The summed E-state index contributed by atoms with van der Waals surface area (Å²) in [7, 11) is 0. The zero-order valence-electron chi connectivity index (χ0n) is 17.9. The normalized spacial score (nSPS) is 20.2. The van der Waals surface area contributed by atoms with E-state index in [2.05, 4.69) is 10.6 Å². The number of furan rings is 2. The van der Waals surface area contributed by atoms with E-state index in [1.165, 1.54) is 38.5 Å². The Morgan fingerprint density at radius 1 is 0.633 bits per heavy atom. The lowest BCUT2D eigenvalue weighted by atomic mass is 9.90. The molecule has 5 rings (SSSR count). The van der Waals surface area contributed by atoms with Gasteiger partial charge in [0, 0.05) is 23.2 Å². The predicted molar refractivity (Wildman–Crippen MR) is 115 cm³/mol. The molecule has 3 aliphatic carbocycles. The Hall–Kier alpha value is -2.50. The quantitative estimate of drug-likeness (QED) is 0.569. The average molecular weight is 411 g/mol. The topological polar surface area (TPSA) is 84.5 Å². The van der Waals surface area contributed by atoms with Crippen molar-refractivity contribution >= 4 is 23.3 Å². The van der Waals surface area contributed by atoms with Gasteiger partial charge in [-0.05, 0) is 39.5 Å². The molecule has 30 heavy (non-hydrogen) atoms. The summed E-state index contributed by atoms with van der Waals surface area (Å²) < 4.78 is 11.9. The lowest BCUT2D eigenvalue weighted by molar-refractivity contribution is 0.0944. The minimum absolute atomic E-state index is 0.149. The van der Waals surface area contributed by atoms with Crippen molar-refractivity contribution < 1.29 is 18.4 Å². The Morgan fingerprint density at radius 2 is 1.00 bits per heavy atom. The van der Waals surface area contributed by atoms with Gasteiger partial charge in [-0.15, -0.1) is 0 Å². The summed E-state index contributed by atoms with van der Waals surface area (Å²) in [6.45, 7) is 3.70. The molecule has 6 nitrogen and oxygen atoms in total. The Bertz CT molecular complexity index is 907. The van der Waals surface area contributed by atoms with Gasteiger partial charge in [0.25, 0.3) is 0 Å². The summed E-state index contributed by atoms with van der Waals surface area (Å²) in [5, 5.41) is 6.87. The van der Waals surface area contributed by atoms with Crippen LogP contribution in [0.15, 0.2) is 8.83 Å². The third-order valence-electron chi connectivity index (χ3n) is 7.04. The fraction of sp³-hybridized carbons (Fsp3) is 0.583. The predicted octanol–water partition coefficient (Wildman–Crippen LogP) is 5.75. The third kappa shape index (κ3) is 3.17. The molecular weight excluding hydrogens is 380 g/mol. The van der Waals surface area contributed by atoms with Crippen molar-refractivity contribution in [1.82, 2.24) is 0 Å². The van der Waals surface area contributed by atoms with Crippen LogP contribution in [0.1, 0.15) is 108 Å². The molecule has 0 atom stereocenters. The van der Waals surface area contributed by atoms with E-state index in [9.17, 15) is 9.59 Å². The molecule has 2 N–H and O–H groups in total. The number of fused-ring (bicyclic) bond motifs is 2. The third-order valence-corrected chi connectivity index (χ3v) is 7.04. The summed E-state index contributed by atoms with van der Waals surface area (Å²) in [6, 6.07) is 0.665. The van der Waals surface area contributed by atoms with Gasteiger partial charge in [-0.25, -0.2) is 0 Å². The molecule has 2 aromatic rings. The van der Waals surface area contributed by atoms with Crippen molar-refractivity contribution in [3.8, 4) is 0 Å². The summed E-state index contributed by atoms with van der Waals surface area (Å²) in [5.41, 5.74) is 2.11. The molecule has 6 heteroatoms. The zero-order chi connectivity index (χ0) is 20.8. The molecule has 0 radical (unpaired) electrons. The minimum Gasteiger partial charge on any atom is -0.436 e. The number of hydrogen-bond acceptors (Lipinski definition) is 6. The highest BCUT2D eigenvalue weighted by Crippen LogP contribution is 2.41. The second-order valence-electron chi connectivity index (χ2n) is 9.14. The number of ketones is 2. The van der Waals surface area contributed by atoms with Crippen LogP contribution in [-0.4, -0.2) is 23.7 Å². The second kappa shape index (κ2) is 7.64. The van der Waals surface area contributed by atoms with Gasteiger partial charge in [0.15, 0.2) is 23.3 Å². The monoisotopic (exact) mass is 410 g/mol. The van der Waals surface area contributed by atoms with Gasteiger partial charge in [0.05, 0.1) is 11.1 Å². The van der Waals surface area contributed by atoms with Gasteiger partial charge in [-0.2, -0.15) is 0 Å². The van der Waals surface area contributed by atoms with Crippen LogP contribution in [-0.2, 0) is 0 Å². The van der Waals surface area contributed by atoms with E-state index in [-0.39, 0.29) is 23.1 Å². The van der Waals surface area contributed by atoms with E-state index in [0.717, 1.165) is 25.7 Å². The maximum Gasteiger partial charge on any atom is 0.233 e. The Labute approximate surface area is 176 Å². The lowest BCUT2D eigenvalue weighted by Crippen LogP contribution is -2.22. The van der Waals surface area contributed by atoms with Gasteiger partial charge in [-0.3, -0.25) is 9.59 Å². The van der Waals surface area contributed by atoms with E-state index < -0.39 is 0 Å². The van der Waals surface area contributed by atoms with Crippen molar-refractivity contribution in [2.24, 2.45) is 0 Å². The number of nitrogens with one attached hydrogen (secondary N) is 2. The van der Waals surface area contributed by atoms with E-state index in [4.69, 9.17) is 8.83 Å². The van der Waals surface area contributed by atoms with Crippen LogP contribution >= 0.6 is 0 Å². The first-order valence-corrected chi connectivity index (χ1v) is 11.4. The summed E-state index contributed by atoms with van der Waals surface area (Å²) in [4.78, 5) is 26.6. The number of carbonyl (C=O) groups excluding carboxylic acids is 2. The van der Waals surface area contributed by atoms with Gasteiger partial charge in [0.1, 0.15) is 0 Å². The fourth-order valence-electron chi connectivity index (χ4n) is 5.26. The SMILES string of the molecule is Cc1c(NC2CCCCC2)oc2c1C(=O)c1oc(NC3CCCCC3)c(C)c1C2=O. The number of carbonyl (C=O) groups is 2. The molecule has 2 saturated carbocycles. The first-order valence-electron chi connectivity index (χ1n) is 11.4. The summed E-state index contributed by atoms with van der Waals surface area (Å²) in [6.07, 6.45) is 11.6. The van der Waals surface area contributed by atoms with Crippen LogP contribution in [0.25, 0.3) is 0 Å². The van der Waals surface area contributed by atoms with Crippen molar-refractivity contribution in [3.63, 3.8) is 0 Å². The molecule has 2 fully saturated rings. The molecule has 160 valence electrons. The molecule has 2 heterocycles. The highest BCUT2D eigenvalue weighted by molar-refractivity contribution is 6.28. The Morgan fingerprint density at radius 3 is 1.37 bits per heavy atom. The minimum atomic E-state index is -0.252. The van der Waals surface area contributed by atoms with Crippen LogP contribution in [0, 0.1) is 13.8 Å². The van der Waals surface area contributed by atoms with Crippen LogP contribution in [0.4, 0.5) is 11.8 Å². The largest absolute Gasteiger partial charge is 0.436 e. The number of hydrogen-bond donors (Lipinski definition) is 2. The maximum absolute atomic E-state index is 13.3. The molecule has 0 bridgehead atoms. The Kier molecular flexibility index (Phi) is 4.95. The summed E-state index contributed by atoms with van der Waals surface area (Å²) >= 11 is 0. The standard InChI is InChI=1S/C24H30N2O4/c1-13-17-19(27)22-18(14(2)24(30-22)26-16-11-7-4-8-12-16)20(28)21(17)29-23(13)25-15-9-5-3-6-10-15/h15-16,25-26H,3-12H2,1-2H3. The molecule has 0 amide bonds. The molecular formula is C24H30N2O4. The van der Waals surface area contributed by atoms with Crippen LogP contribution in [0.5, 0.6) is 0 Å². The zero-order valence-corrected chi connectivity index (χ0v) is 17.9. The van der Waals surface area contributed by atoms with Crippen molar-refractivity contribution in [2.45, 2.75) is 90.1 Å². The molecule has 0 aliphatic heterocycles. The van der Waals surface area contributed by atoms with Gasteiger partial charge >= 0.3 is 0 Å². The van der Waals surface area contributed by atoms with Crippen molar-refractivity contribution in [2.75, 3.05) is 10.6 Å². The van der Waals surface area contributed by atoms with Gasteiger partial charge < -0.3 is 19.5 Å². The van der Waals surface area contributed by atoms with Crippen molar-refractivity contribution in [1.29, 1.82) is 0 Å². The highest BCUT2D eigenvalue weighted by atomic mass is 16.4. The average Bonchev–Trinajstić information content (AvgIpc) is 3.26. The van der Waals surface area contributed by atoms with Crippen molar-refractivity contribution in [3.05, 3.63) is 33.8 Å². The van der Waals surface area contributed by atoms with E-state index in [0.29, 0.717) is 46.1 Å². The van der Waals surface area contributed by atoms with Crippen LogP contribution in [0.2, 0.25) is 0 Å². The summed E-state index contributed by atoms with van der Waals surface area (Å²) in [5.74, 6) is 0.899. The fourth-order valence-corrected chi connectivity index (χ4v) is 5.26.